The Bertz CT molecular complexity index is 1630. The van der Waals surface area contributed by atoms with Crippen LogP contribution in [0.15, 0.2) is 53.3 Å². The van der Waals surface area contributed by atoms with E-state index in [0.717, 1.165) is 49.0 Å². The van der Waals surface area contributed by atoms with Gasteiger partial charge in [0.05, 0.1) is 25.2 Å². The third kappa shape index (κ3) is 18.8. The minimum atomic E-state index is -5.08. The van der Waals surface area contributed by atoms with Crippen LogP contribution in [0, 0.1) is 0 Å². The van der Waals surface area contributed by atoms with Crippen LogP contribution in [0.1, 0.15) is 31.4 Å². The lowest BCUT2D eigenvalue weighted by atomic mass is 10.0. The van der Waals surface area contributed by atoms with Crippen LogP contribution in [0.5, 0.6) is 5.75 Å². The maximum absolute atomic E-state index is 13.0. The number of carboxylic acid groups (broad SMARTS) is 2. The van der Waals surface area contributed by atoms with Crippen molar-refractivity contribution in [3.63, 3.8) is 0 Å². The molecule has 2 aromatic carbocycles. The molecule has 1 amide bonds. The Labute approximate surface area is 306 Å². The first-order valence-electron chi connectivity index (χ1n) is 16.3. The number of rotatable bonds is 17. The van der Waals surface area contributed by atoms with Crippen LogP contribution >= 0.6 is 11.6 Å². The van der Waals surface area contributed by atoms with E-state index in [1.807, 2.05) is 35.2 Å². The van der Waals surface area contributed by atoms with Crippen molar-refractivity contribution in [1.29, 1.82) is 0 Å². The average Bonchev–Trinajstić information content (AvgIpc) is 3.08. The number of phenolic OH excluding ortho intramolecular Hbond substituents is 1. The Balaban J connectivity index is 0.000000845. The van der Waals surface area contributed by atoms with Gasteiger partial charge < -0.3 is 40.2 Å². The molecule has 0 radical (unpaired) electrons. The molecule has 0 spiro atoms. The summed E-state index contributed by atoms with van der Waals surface area (Å²) in [6.07, 6.45) is -8.32. The van der Waals surface area contributed by atoms with Crippen molar-refractivity contribution in [1.82, 2.24) is 20.1 Å². The first-order valence-corrected chi connectivity index (χ1v) is 16.6. The second kappa shape index (κ2) is 23.3. The summed E-state index contributed by atoms with van der Waals surface area (Å²) in [4.78, 5) is 49.4. The molecule has 0 bridgehead atoms. The van der Waals surface area contributed by atoms with Crippen molar-refractivity contribution in [2.45, 2.75) is 45.5 Å². The van der Waals surface area contributed by atoms with Crippen LogP contribution in [0.2, 0.25) is 5.02 Å². The van der Waals surface area contributed by atoms with Crippen LogP contribution in [0.4, 0.5) is 26.3 Å². The number of hydrogen-bond acceptors (Lipinski definition) is 8. The van der Waals surface area contributed by atoms with E-state index in [2.05, 4.69) is 29.0 Å². The van der Waals surface area contributed by atoms with Crippen molar-refractivity contribution in [2.24, 2.45) is 0 Å². The number of aromatic hydroxyl groups is 1. The number of alkyl halides is 6. The number of carboxylic acids is 2. The Kier molecular flexibility index (Phi) is 20.5. The molecule has 53 heavy (non-hydrogen) atoms. The van der Waals surface area contributed by atoms with Crippen LogP contribution in [0.25, 0.3) is 10.9 Å². The molecule has 0 aliphatic carbocycles. The summed E-state index contributed by atoms with van der Waals surface area (Å²) in [5, 5.41) is 29.3. The van der Waals surface area contributed by atoms with Crippen molar-refractivity contribution in [2.75, 3.05) is 59.0 Å². The second-order valence-electron chi connectivity index (χ2n) is 11.1. The van der Waals surface area contributed by atoms with Gasteiger partial charge in [-0.05, 0) is 67.9 Å². The molecule has 3 rings (SSSR count). The average molecular weight is 785 g/mol. The fourth-order valence-corrected chi connectivity index (χ4v) is 4.76. The fourth-order valence-electron chi connectivity index (χ4n) is 4.54. The summed E-state index contributed by atoms with van der Waals surface area (Å²) in [6.45, 7) is 10.6. The molecule has 0 aliphatic heterocycles. The zero-order valence-electron chi connectivity index (χ0n) is 29.0. The number of halogens is 7. The normalized spacial score (nSPS) is 11.4. The summed E-state index contributed by atoms with van der Waals surface area (Å²) < 4.78 is 69.2. The summed E-state index contributed by atoms with van der Waals surface area (Å²) in [5.41, 5.74) is 2.38. The summed E-state index contributed by atoms with van der Waals surface area (Å²) in [6, 6.07) is 14.4. The molecule has 1 heterocycles. The zero-order chi connectivity index (χ0) is 40.2. The predicted molar refractivity (Wildman–Crippen MR) is 185 cm³/mol. The quantitative estimate of drug-likeness (QED) is 0.0916. The predicted octanol–water partition coefficient (Wildman–Crippen LogP) is 5.11. The van der Waals surface area contributed by atoms with Crippen molar-refractivity contribution in [3.05, 3.63) is 75.0 Å². The SMILES string of the molecule is CCN(CC)CCN(CCNCCc1ccc(O)c2[nH]c(=O)ccc12)C(=O)CCOCCc1cccc(Cl)c1.O=C(O)C(F)(F)F.O=C(O)C(F)(F)F. The van der Waals surface area contributed by atoms with E-state index in [4.69, 9.17) is 36.1 Å². The van der Waals surface area contributed by atoms with Crippen molar-refractivity contribution >= 4 is 40.3 Å². The molecular weight excluding hydrogens is 742 g/mol. The Morgan fingerprint density at radius 3 is 2.04 bits per heavy atom. The highest BCUT2D eigenvalue weighted by atomic mass is 35.5. The Hall–Kier alpha value is -4.39. The Morgan fingerprint density at radius 1 is 0.849 bits per heavy atom. The highest BCUT2D eigenvalue weighted by Gasteiger charge is 2.38. The van der Waals surface area contributed by atoms with Gasteiger partial charge in [-0.3, -0.25) is 9.59 Å². The lowest BCUT2D eigenvalue weighted by Gasteiger charge is -2.27. The molecule has 0 unspecified atom stereocenters. The number of nitrogens with one attached hydrogen (secondary N) is 2. The number of carbonyl (C=O) groups excluding carboxylic acids is 1. The fraction of sp³-hybridized carbons (Fsp3) is 0.471. The number of pyridine rings is 1. The number of fused-ring (bicyclic) bond motifs is 1. The van der Waals surface area contributed by atoms with Crippen LogP contribution in [-0.4, -0.2) is 119 Å². The number of likely N-dealkylation sites (N-methyl/N-ethyl adjacent to an activating group) is 1. The van der Waals surface area contributed by atoms with Crippen molar-refractivity contribution in [3.8, 4) is 5.75 Å². The summed E-state index contributed by atoms with van der Waals surface area (Å²) >= 11 is 6.04. The van der Waals surface area contributed by atoms with Gasteiger partial charge in [-0.25, -0.2) is 9.59 Å². The number of aromatic amines is 1. The molecule has 19 heteroatoms. The molecule has 3 aromatic rings. The van der Waals surface area contributed by atoms with E-state index in [9.17, 15) is 41.0 Å². The van der Waals surface area contributed by atoms with E-state index < -0.39 is 24.3 Å². The highest BCUT2D eigenvalue weighted by molar-refractivity contribution is 6.30. The minimum Gasteiger partial charge on any atom is -0.506 e. The molecule has 0 aliphatic rings. The zero-order valence-corrected chi connectivity index (χ0v) is 29.8. The number of aliphatic carboxylic acids is 2. The molecule has 296 valence electrons. The number of benzene rings is 2. The number of H-pyrrole nitrogens is 1. The number of nitrogens with zero attached hydrogens (tertiary/aromatic N) is 2. The van der Waals surface area contributed by atoms with Crippen LogP contribution < -0.4 is 10.9 Å². The number of amides is 1. The monoisotopic (exact) mass is 784 g/mol. The van der Waals surface area contributed by atoms with Gasteiger partial charge >= 0.3 is 24.3 Å². The van der Waals surface area contributed by atoms with Gasteiger partial charge in [-0.2, -0.15) is 26.3 Å². The van der Waals surface area contributed by atoms with Crippen LogP contribution in [0.3, 0.4) is 0 Å². The molecule has 12 nitrogen and oxygen atoms in total. The van der Waals surface area contributed by atoms with E-state index in [1.165, 1.54) is 6.07 Å². The molecular formula is C34H43ClF6N4O8. The van der Waals surface area contributed by atoms with Crippen molar-refractivity contribution < 1.29 is 60.8 Å². The van der Waals surface area contributed by atoms with E-state index in [1.54, 1.807) is 12.1 Å². The van der Waals surface area contributed by atoms with Gasteiger partial charge in [0.2, 0.25) is 11.5 Å². The standard InChI is InChI=1S/C30H41ClN4O4.2C2HF3O2/c1-3-34(4-2)18-19-35(29(38)14-21-39-20-13-23-6-5-7-25(31)22-23)17-16-32-15-12-24-8-10-27(36)30-26(24)9-11-28(37)33-30;2*3-2(4,5)1(6)7/h5-11,22,32,36H,3-4,12-21H2,1-2H3,(H,33,37);2*(H,6,7). The maximum atomic E-state index is 13.0. The largest absolute Gasteiger partial charge is 0.506 e. The maximum Gasteiger partial charge on any atom is 0.490 e. The number of aromatic nitrogens is 1. The third-order valence-corrected chi connectivity index (χ3v) is 7.63. The smallest absolute Gasteiger partial charge is 0.490 e. The van der Waals surface area contributed by atoms with Crippen LogP contribution in [-0.2, 0) is 32.0 Å². The summed E-state index contributed by atoms with van der Waals surface area (Å²) in [7, 11) is 0. The highest BCUT2D eigenvalue weighted by Crippen LogP contribution is 2.24. The number of phenols is 1. The molecule has 0 atom stereocenters. The Morgan fingerprint density at radius 2 is 1.47 bits per heavy atom. The molecule has 1 aromatic heterocycles. The summed E-state index contributed by atoms with van der Waals surface area (Å²) in [5.74, 6) is -5.35. The number of ether oxygens (including phenoxy) is 1. The molecule has 0 fully saturated rings. The van der Waals surface area contributed by atoms with E-state index in [0.29, 0.717) is 56.4 Å². The molecule has 0 saturated carbocycles. The van der Waals surface area contributed by atoms with Gasteiger partial charge in [0.15, 0.2) is 0 Å². The molecule has 0 saturated heterocycles. The van der Waals surface area contributed by atoms with E-state index in [-0.39, 0.29) is 17.2 Å². The molecule has 5 N–H and O–H groups in total. The first kappa shape index (κ1) is 46.6. The second-order valence-corrected chi connectivity index (χ2v) is 11.5. The lowest BCUT2D eigenvalue weighted by Crippen LogP contribution is -2.42. The minimum absolute atomic E-state index is 0.0650. The number of carbonyl (C=O) groups is 3. The topological polar surface area (TPSA) is 172 Å². The first-order chi connectivity index (χ1) is 24.8. The number of hydrogen-bond donors (Lipinski definition) is 5. The van der Waals surface area contributed by atoms with Gasteiger partial charge in [0.1, 0.15) is 5.75 Å². The van der Waals surface area contributed by atoms with E-state index >= 15 is 0 Å². The lowest BCUT2D eigenvalue weighted by molar-refractivity contribution is -0.193. The third-order valence-electron chi connectivity index (χ3n) is 7.40. The van der Waals surface area contributed by atoms with Gasteiger partial charge in [-0.15, -0.1) is 0 Å². The van der Waals surface area contributed by atoms with Gasteiger partial charge in [0, 0.05) is 42.7 Å². The van der Waals surface area contributed by atoms with Gasteiger partial charge in [0.25, 0.3) is 0 Å². The van der Waals surface area contributed by atoms with Gasteiger partial charge in [-0.1, -0.05) is 43.6 Å².